The lowest BCUT2D eigenvalue weighted by atomic mass is 10.2. The van der Waals surface area contributed by atoms with Crippen molar-refractivity contribution in [1.82, 2.24) is 10.2 Å². The molecule has 1 aromatic rings. The molecule has 94 valence electrons. The largest absolute Gasteiger partial charge is 0.347 e. The monoisotopic (exact) mass is 274 g/mol. The van der Waals surface area contributed by atoms with E-state index in [9.17, 15) is 4.79 Å². The number of hydrogen-bond acceptors (Lipinski definition) is 2. The van der Waals surface area contributed by atoms with E-state index in [1.807, 2.05) is 13.0 Å². The second kappa shape index (κ2) is 6.24. The zero-order chi connectivity index (χ0) is 13.0. The summed E-state index contributed by atoms with van der Waals surface area (Å²) in [5.74, 6) is 0.0464. The lowest BCUT2D eigenvalue weighted by molar-refractivity contribution is -0.130. The van der Waals surface area contributed by atoms with Gasteiger partial charge in [-0.15, -0.1) is 0 Å². The van der Waals surface area contributed by atoms with Crippen LogP contribution in [0.5, 0.6) is 0 Å². The Bertz CT molecular complexity index is 407. The summed E-state index contributed by atoms with van der Waals surface area (Å²) in [6, 6.07) is 5.21. The fourth-order valence-electron chi connectivity index (χ4n) is 1.40. The van der Waals surface area contributed by atoms with Crippen LogP contribution >= 0.6 is 23.2 Å². The summed E-state index contributed by atoms with van der Waals surface area (Å²) in [7, 11) is 3.47. The Morgan fingerprint density at radius 2 is 2.00 bits per heavy atom. The summed E-state index contributed by atoms with van der Waals surface area (Å²) in [4.78, 5) is 13.2. The molecule has 0 fully saturated rings. The lowest BCUT2D eigenvalue weighted by Gasteiger charge is -2.18. The molecule has 0 aliphatic carbocycles. The van der Waals surface area contributed by atoms with Gasteiger partial charge >= 0.3 is 0 Å². The molecule has 0 heterocycles. The Kier molecular flexibility index (Phi) is 5.25. The van der Waals surface area contributed by atoms with Crippen molar-refractivity contribution in [2.24, 2.45) is 0 Å². The molecule has 0 radical (unpaired) electrons. The highest BCUT2D eigenvalue weighted by Gasteiger charge is 2.13. The summed E-state index contributed by atoms with van der Waals surface area (Å²) in [6.45, 7) is 2.41. The molecule has 0 saturated carbocycles. The van der Waals surface area contributed by atoms with Crippen LogP contribution in [0.1, 0.15) is 12.5 Å². The zero-order valence-electron chi connectivity index (χ0n) is 10.1. The van der Waals surface area contributed by atoms with Crippen molar-refractivity contribution >= 4 is 29.1 Å². The summed E-state index contributed by atoms with van der Waals surface area (Å²) < 4.78 is 0. The first-order chi connectivity index (χ1) is 7.91. The Labute approximate surface area is 112 Å². The summed E-state index contributed by atoms with van der Waals surface area (Å²) in [5, 5.41) is 4.19. The Balaban J connectivity index is 2.56. The van der Waals surface area contributed by atoms with Gasteiger partial charge in [-0.05, 0) is 24.6 Å². The highest BCUT2D eigenvalue weighted by Crippen LogP contribution is 2.22. The molecule has 0 bridgehead atoms. The minimum absolute atomic E-state index is 0.0464. The maximum absolute atomic E-state index is 11.6. The van der Waals surface area contributed by atoms with Crippen LogP contribution in [-0.2, 0) is 11.3 Å². The normalized spacial score (nSPS) is 12.3. The van der Waals surface area contributed by atoms with E-state index < -0.39 is 0 Å². The highest BCUT2D eigenvalue weighted by atomic mass is 35.5. The van der Waals surface area contributed by atoms with Gasteiger partial charge in [0.2, 0.25) is 5.91 Å². The minimum atomic E-state index is -0.223. The maximum atomic E-state index is 11.6. The molecule has 1 amide bonds. The van der Waals surface area contributed by atoms with Gasteiger partial charge in [-0.1, -0.05) is 29.3 Å². The van der Waals surface area contributed by atoms with E-state index in [-0.39, 0.29) is 11.9 Å². The number of nitrogens with zero attached hydrogens (tertiary/aromatic N) is 1. The van der Waals surface area contributed by atoms with E-state index in [0.717, 1.165) is 5.56 Å². The van der Waals surface area contributed by atoms with Crippen LogP contribution in [0.3, 0.4) is 0 Å². The first-order valence-electron chi connectivity index (χ1n) is 5.30. The van der Waals surface area contributed by atoms with E-state index in [1.54, 1.807) is 31.1 Å². The number of carbonyl (C=O) groups is 1. The van der Waals surface area contributed by atoms with Gasteiger partial charge in [0.1, 0.15) is 0 Å². The van der Waals surface area contributed by atoms with Gasteiger partial charge in [0.05, 0.1) is 16.1 Å². The first-order valence-corrected chi connectivity index (χ1v) is 6.06. The second-order valence-corrected chi connectivity index (χ2v) is 4.90. The molecule has 5 heteroatoms. The van der Waals surface area contributed by atoms with Crippen LogP contribution in [-0.4, -0.2) is 30.9 Å². The van der Waals surface area contributed by atoms with Crippen LogP contribution < -0.4 is 5.32 Å². The maximum Gasteiger partial charge on any atom is 0.238 e. The van der Waals surface area contributed by atoms with Gasteiger partial charge in [-0.3, -0.25) is 4.79 Å². The number of rotatable bonds is 4. The number of halogens is 2. The van der Waals surface area contributed by atoms with Crippen molar-refractivity contribution in [2.75, 3.05) is 14.1 Å². The summed E-state index contributed by atoms with van der Waals surface area (Å²) in [6.07, 6.45) is 0. The third-order valence-corrected chi connectivity index (χ3v) is 3.15. The van der Waals surface area contributed by atoms with E-state index in [4.69, 9.17) is 23.2 Å². The topological polar surface area (TPSA) is 32.3 Å². The smallest absolute Gasteiger partial charge is 0.238 e. The number of likely N-dealkylation sites (N-methyl/N-ethyl adjacent to an activating group) is 1. The zero-order valence-corrected chi connectivity index (χ0v) is 11.6. The number of hydrogen-bond donors (Lipinski definition) is 1. The number of nitrogens with one attached hydrogen (secondary N) is 1. The lowest BCUT2D eigenvalue weighted by Crippen LogP contribution is -2.41. The van der Waals surface area contributed by atoms with E-state index in [2.05, 4.69) is 5.32 Å². The van der Waals surface area contributed by atoms with Crippen molar-refractivity contribution in [3.05, 3.63) is 33.8 Å². The Hall–Kier alpha value is -0.770. The molecule has 3 nitrogen and oxygen atoms in total. The quantitative estimate of drug-likeness (QED) is 0.916. The van der Waals surface area contributed by atoms with E-state index in [1.165, 1.54) is 0 Å². The third kappa shape index (κ3) is 4.19. The number of benzene rings is 1. The van der Waals surface area contributed by atoms with Gasteiger partial charge in [0, 0.05) is 20.6 Å². The standard InChI is InChI=1S/C12H16Cl2N2O/c1-8(12(17)16(2)3)15-7-9-4-5-10(13)11(14)6-9/h4-6,8,15H,7H2,1-3H3. The molecule has 0 saturated heterocycles. The molecular weight excluding hydrogens is 259 g/mol. The summed E-state index contributed by atoms with van der Waals surface area (Å²) >= 11 is 11.7. The second-order valence-electron chi connectivity index (χ2n) is 4.08. The van der Waals surface area contributed by atoms with Crippen LogP contribution in [0, 0.1) is 0 Å². The van der Waals surface area contributed by atoms with E-state index >= 15 is 0 Å². The van der Waals surface area contributed by atoms with Crippen LogP contribution in [0.15, 0.2) is 18.2 Å². The number of carbonyl (C=O) groups excluding carboxylic acids is 1. The van der Waals surface area contributed by atoms with Crippen molar-refractivity contribution in [3.63, 3.8) is 0 Å². The van der Waals surface area contributed by atoms with Crippen molar-refractivity contribution in [3.8, 4) is 0 Å². The van der Waals surface area contributed by atoms with Crippen LogP contribution in [0.2, 0.25) is 10.0 Å². The first kappa shape index (κ1) is 14.3. The average Bonchev–Trinajstić information content (AvgIpc) is 2.29. The van der Waals surface area contributed by atoms with Crippen molar-refractivity contribution < 1.29 is 4.79 Å². The number of amides is 1. The average molecular weight is 275 g/mol. The van der Waals surface area contributed by atoms with Gasteiger partial charge in [-0.2, -0.15) is 0 Å². The fourth-order valence-corrected chi connectivity index (χ4v) is 1.72. The van der Waals surface area contributed by atoms with Crippen LogP contribution in [0.25, 0.3) is 0 Å². The predicted molar refractivity (Wildman–Crippen MR) is 71.5 cm³/mol. The molecule has 0 aromatic heterocycles. The Morgan fingerprint density at radius 3 is 2.53 bits per heavy atom. The molecular formula is C12H16Cl2N2O. The molecule has 0 aliphatic rings. The molecule has 1 atom stereocenters. The van der Waals surface area contributed by atoms with Gasteiger partial charge < -0.3 is 10.2 Å². The van der Waals surface area contributed by atoms with Crippen molar-refractivity contribution in [2.45, 2.75) is 19.5 Å². The molecule has 1 N–H and O–H groups in total. The fraction of sp³-hybridized carbons (Fsp3) is 0.417. The van der Waals surface area contributed by atoms with E-state index in [0.29, 0.717) is 16.6 Å². The molecule has 1 unspecified atom stereocenters. The molecule has 1 aromatic carbocycles. The van der Waals surface area contributed by atoms with Crippen LogP contribution in [0.4, 0.5) is 0 Å². The molecule has 1 rings (SSSR count). The minimum Gasteiger partial charge on any atom is -0.347 e. The molecule has 17 heavy (non-hydrogen) atoms. The van der Waals surface area contributed by atoms with Gasteiger partial charge in [0.25, 0.3) is 0 Å². The highest BCUT2D eigenvalue weighted by molar-refractivity contribution is 6.42. The van der Waals surface area contributed by atoms with Gasteiger partial charge in [0.15, 0.2) is 0 Å². The SMILES string of the molecule is CC(NCc1ccc(Cl)c(Cl)c1)C(=O)N(C)C. The predicted octanol–water partition coefficient (Wildman–Crippen LogP) is 2.56. The molecule has 0 aliphatic heterocycles. The summed E-state index contributed by atoms with van der Waals surface area (Å²) in [5.41, 5.74) is 0.998. The van der Waals surface area contributed by atoms with Gasteiger partial charge in [-0.25, -0.2) is 0 Å². The van der Waals surface area contributed by atoms with Crippen molar-refractivity contribution in [1.29, 1.82) is 0 Å². The third-order valence-electron chi connectivity index (χ3n) is 2.41. The Morgan fingerprint density at radius 1 is 1.35 bits per heavy atom. The molecule has 0 spiro atoms.